The van der Waals surface area contributed by atoms with Crippen molar-refractivity contribution < 1.29 is 13.6 Å². The monoisotopic (exact) mass is 479 g/mol. The van der Waals surface area contributed by atoms with Crippen molar-refractivity contribution in [2.45, 2.75) is 51.5 Å². The number of likely N-dealkylation sites (tertiary alicyclic amines) is 2. The van der Waals surface area contributed by atoms with Gasteiger partial charge in [0.25, 0.3) is 0 Å². The van der Waals surface area contributed by atoms with Gasteiger partial charge in [-0.2, -0.15) is 5.26 Å². The maximum atomic E-state index is 14.2. The van der Waals surface area contributed by atoms with Crippen LogP contribution in [0.4, 0.5) is 19.3 Å². The largest absolute Gasteiger partial charge is 0.324 e. The fourth-order valence-corrected chi connectivity index (χ4v) is 5.93. The summed E-state index contributed by atoms with van der Waals surface area (Å²) in [6.45, 7) is 8.40. The second-order valence-corrected chi connectivity index (χ2v) is 10.9. The third kappa shape index (κ3) is 4.38. The first kappa shape index (κ1) is 23.7. The highest BCUT2D eigenvalue weighted by Crippen LogP contribution is 2.43. The van der Waals surface area contributed by atoms with Gasteiger partial charge in [0.2, 0.25) is 0 Å². The van der Waals surface area contributed by atoms with E-state index >= 15 is 0 Å². The molecule has 0 N–H and O–H groups in total. The Morgan fingerprint density at radius 1 is 1.09 bits per heavy atom. The van der Waals surface area contributed by atoms with Gasteiger partial charge in [-0.3, -0.25) is 14.8 Å². The number of carbonyl (C=O) groups is 1. The molecule has 35 heavy (non-hydrogen) atoms. The van der Waals surface area contributed by atoms with Crippen LogP contribution >= 0.6 is 0 Å². The van der Waals surface area contributed by atoms with Crippen LogP contribution in [0.15, 0.2) is 30.5 Å². The molecule has 184 valence electrons. The van der Waals surface area contributed by atoms with E-state index in [0.29, 0.717) is 18.7 Å². The smallest absolute Gasteiger partial charge is 0.324 e. The molecule has 3 aliphatic rings. The maximum Gasteiger partial charge on any atom is 0.324 e. The number of piperidine rings is 2. The van der Waals surface area contributed by atoms with E-state index in [2.05, 4.69) is 23.7 Å². The molecule has 4 heterocycles. The van der Waals surface area contributed by atoms with Crippen LogP contribution in [0.25, 0.3) is 0 Å². The fourth-order valence-electron chi connectivity index (χ4n) is 5.93. The number of amides is 2. The van der Waals surface area contributed by atoms with Gasteiger partial charge in [0.05, 0.1) is 16.9 Å². The van der Waals surface area contributed by atoms with Crippen molar-refractivity contribution in [3.63, 3.8) is 0 Å². The zero-order valence-electron chi connectivity index (χ0n) is 20.4. The Morgan fingerprint density at radius 3 is 2.46 bits per heavy atom. The molecule has 0 aliphatic carbocycles. The quantitative estimate of drug-likeness (QED) is 0.619. The SMILES string of the molecule is CC1(C)CN(C(=O)N2CCC3(CCN(Cc4cc(C#N)c(F)cc4F)CC3)CC2)c2cccnc21. The van der Waals surface area contributed by atoms with E-state index in [9.17, 15) is 13.6 Å². The number of anilines is 1. The molecule has 5 rings (SSSR count). The first-order chi connectivity index (χ1) is 16.7. The maximum absolute atomic E-state index is 14.2. The minimum absolute atomic E-state index is 0.0668. The van der Waals surface area contributed by atoms with E-state index in [4.69, 9.17) is 5.26 Å². The predicted octanol–water partition coefficient (Wildman–Crippen LogP) is 4.83. The van der Waals surface area contributed by atoms with Gasteiger partial charge in [-0.1, -0.05) is 13.8 Å². The van der Waals surface area contributed by atoms with E-state index in [1.165, 1.54) is 6.07 Å². The number of nitrogens with zero attached hydrogens (tertiary/aromatic N) is 5. The molecule has 0 unspecified atom stereocenters. The predicted molar refractivity (Wildman–Crippen MR) is 129 cm³/mol. The number of urea groups is 1. The second-order valence-electron chi connectivity index (χ2n) is 10.9. The Bertz CT molecular complexity index is 1170. The molecule has 3 aliphatic heterocycles. The van der Waals surface area contributed by atoms with Gasteiger partial charge < -0.3 is 4.90 Å². The van der Waals surface area contributed by atoms with Crippen LogP contribution in [0.3, 0.4) is 0 Å². The van der Waals surface area contributed by atoms with Crippen LogP contribution in [0.2, 0.25) is 0 Å². The second kappa shape index (κ2) is 8.87. The average molecular weight is 480 g/mol. The van der Waals surface area contributed by atoms with Crippen molar-refractivity contribution in [1.29, 1.82) is 5.26 Å². The van der Waals surface area contributed by atoms with E-state index in [1.54, 1.807) is 12.3 Å². The van der Waals surface area contributed by atoms with Crippen LogP contribution in [0.5, 0.6) is 0 Å². The molecule has 0 radical (unpaired) electrons. The number of benzene rings is 1. The first-order valence-corrected chi connectivity index (χ1v) is 12.3. The highest BCUT2D eigenvalue weighted by Gasteiger charge is 2.43. The van der Waals surface area contributed by atoms with Crippen LogP contribution in [0, 0.1) is 28.4 Å². The molecule has 2 aromatic rings. The molecule has 2 amide bonds. The average Bonchev–Trinajstić information content (AvgIpc) is 3.13. The highest BCUT2D eigenvalue weighted by atomic mass is 19.1. The summed E-state index contributed by atoms with van der Waals surface area (Å²) in [5.41, 5.74) is 2.19. The number of aromatic nitrogens is 1. The van der Waals surface area contributed by atoms with Gasteiger partial charge in [0, 0.05) is 49.4 Å². The van der Waals surface area contributed by atoms with Crippen molar-refractivity contribution in [2.24, 2.45) is 5.41 Å². The lowest BCUT2D eigenvalue weighted by atomic mass is 9.71. The van der Waals surface area contributed by atoms with Gasteiger partial charge in [-0.05, 0) is 62.4 Å². The van der Waals surface area contributed by atoms with Gasteiger partial charge in [-0.25, -0.2) is 13.6 Å². The lowest BCUT2D eigenvalue weighted by molar-refractivity contribution is 0.0430. The fraction of sp³-hybridized carbons (Fsp3) is 0.519. The summed E-state index contributed by atoms with van der Waals surface area (Å²) < 4.78 is 27.9. The molecule has 2 saturated heterocycles. The van der Waals surface area contributed by atoms with Gasteiger partial charge in [0.15, 0.2) is 0 Å². The van der Waals surface area contributed by atoms with Crippen LogP contribution in [0.1, 0.15) is 56.4 Å². The molecule has 1 spiro atoms. The van der Waals surface area contributed by atoms with Crippen molar-refractivity contribution in [1.82, 2.24) is 14.8 Å². The number of fused-ring (bicyclic) bond motifs is 1. The summed E-state index contributed by atoms with van der Waals surface area (Å²) in [6, 6.07) is 7.86. The van der Waals surface area contributed by atoms with Crippen LogP contribution in [-0.4, -0.2) is 53.5 Å². The van der Waals surface area contributed by atoms with E-state index in [0.717, 1.165) is 69.3 Å². The summed E-state index contributed by atoms with van der Waals surface area (Å²) >= 11 is 0. The Hall–Kier alpha value is -3.05. The third-order valence-electron chi connectivity index (χ3n) is 8.16. The van der Waals surface area contributed by atoms with Crippen LogP contribution in [-0.2, 0) is 12.0 Å². The van der Waals surface area contributed by atoms with Crippen molar-refractivity contribution >= 4 is 11.7 Å². The Kier molecular flexibility index (Phi) is 6.00. The standard InChI is InChI=1S/C27H31F2N5O/c1-26(2)18-34(23-4-3-9-31-24(23)26)25(35)33-12-7-27(8-13-33)5-10-32(11-6-27)17-20-14-19(16-30)21(28)15-22(20)29/h3-4,9,14-15H,5-8,10-13,17-18H2,1-2H3. The number of halogens is 2. The first-order valence-electron chi connectivity index (χ1n) is 12.3. The topological polar surface area (TPSA) is 63.5 Å². The lowest BCUT2D eigenvalue weighted by Crippen LogP contribution is -2.51. The van der Waals surface area contributed by atoms with Gasteiger partial charge >= 0.3 is 6.03 Å². The highest BCUT2D eigenvalue weighted by molar-refractivity contribution is 5.94. The number of nitriles is 1. The molecular weight excluding hydrogens is 448 g/mol. The zero-order valence-corrected chi connectivity index (χ0v) is 20.4. The molecule has 0 bridgehead atoms. The number of rotatable bonds is 2. The number of hydrogen-bond donors (Lipinski definition) is 0. The molecule has 2 fully saturated rings. The van der Waals surface area contributed by atoms with E-state index in [1.807, 2.05) is 21.9 Å². The van der Waals surface area contributed by atoms with Crippen molar-refractivity contribution in [2.75, 3.05) is 37.6 Å². The summed E-state index contributed by atoms with van der Waals surface area (Å²) in [6.07, 6.45) is 5.71. The van der Waals surface area contributed by atoms with Crippen molar-refractivity contribution in [3.05, 3.63) is 58.9 Å². The molecule has 0 saturated carbocycles. The summed E-state index contributed by atoms with van der Waals surface area (Å²) in [5.74, 6) is -1.42. The zero-order chi connectivity index (χ0) is 24.8. The third-order valence-corrected chi connectivity index (χ3v) is 8.16. The summed E-state index contributed by atoms with van der Waals surface area (Å²) in [7, 11) is 0. The van der Waals surface area contributed by atoms with Gasteiger partial charge in [0.1, 0.15) is 17.7 Å². The normalized spacial score (nSPS) is 21.1. The molecule has 0 atom stereocenters. The Labute approximate surface area is 205 Å². The molecule has 6 nitrogen and oxygen atoms in total. The molecule has 1 aromatic carbocycles. The summed E-state index contributed by atoms with van der Waals surface area (Å²) in [4.78, 5) is 24.0. The van der Waals surface area contributed by atoms with Crippen LogP contribution < -0.4 is 4.90 Å². The Morgan fingerprint density at radius 2 is 1.77 bits per heavy atom. The Balaban J connectivity index is 1.18. The molecule has 1 aromatic heterocycles. The molecular formula is C27H31F2N5O. The van der Waals surface area contributed by atoms with E-state index in [-0.39, 0.29) is 22.4 Å². The van der Waals surface area contributed by atoms with Gasteiger partial charge in [-0.15, -0.1) is 0 Å². The minimum atomic E-state index is -0.815. The minimum Gasteiger partial charge on any atom is -0.324 e. The molecule has 8 heteroatoms. The van der Waals surface area contributed by atoms with Crippen molar-refractivity contribution in [3.8, 4) is 6.07 Å². The van der Waals surface area contributed by atoms with E-state index < -0.39 is 11.6 Å². The number of hydrogen-bond acceptors (Lipinski definition) is 4. The number of pyridine rings is 1. The summed E-state index contributed by atoms with van der Waals surface area (Å²) in [5, 5.41) is 9.05. The lowest BCUT2D eigenvalue weighted by Gasteiger charge is -2.47. The number of carbonyl (C=O) groups excluding carboxylic acids is 1.